The molecule has 0 aliphatic carbocycles. The third-order valence-corrected chi connectivity index (χ3v) is 4.03. The van der Waals surface area contributed by atoms with Gasteiger partial charge in [0.25, 0.3) is 0 Å². The molecule has 0 aromatic carbocycles. The van der Waals surface area contributed by atoms with Gasteiger partial charge in [0.15, 0.2) is 0 Å². The fourth-order valence-corrected chi connectivity index (χ4v) is 2.70. The Morgan fingerprint density at radius 2 is 2.19 bits per heavy atom. The van der Waals surface area contributed by atoms with E-state index in [1.165, 1.54) is 0 Å². The molecule has 2 rings (SSSR count). The average Bonchev–Trinajstić information content (AvgIpc) is 2.94. The van der Waals surface area contributed by atoms with E-state index in [0.717, 1.165) is 5.39 Å². The number of hydrogen-bond acceptors (Lipinski definition) is 5. The quantitative estimate of drug-likeness (QED) is 0.311. The van der Waals surface area contributed by atoms with Crippen molar-refractivity contribution in [3.05, 3.63) is 35.6 Å². The second kappa shape index (κ2) is 8.84. The Morgan fingerprint density at radius 1 is 1.44 bits per heavy atom. The maximum atomic E-state index is 12.2. The minimum absolute atomic E-state index is 0.0166. The summed E-state index contributed by atoms with van der Waals surface area (Å²) >= 11 is 0. The van der Waals surface area contributed by atoms with Crippen molar-refractivity contribution in [2.45, 2.75) is 31.4 Å². The number of aromatic nitrogens is 2. The summed E-state index contributed by atoms with van der Waals surface area (Å²) in [5, 5.41) is 22.4. The molecule has 2 heterocycles. The monoisotopic (exact) mass is 373 g/mol. The number of ketones is 1. The van der Waals surface area contributed by atoms with E-state index in [2.05, 4.69) is 15.1 Å². The molecule has 10 heteroatoms. The number of amides is 1. The molecule has 2 aromatic heterocycles. The van der Waals surface area contributed by atoms with Crippen LogP contribution in [-0.2, 0) is 27.9 Å². The molecule has 0 saturated carbocycles. The van der Waals surface area contributed by atoms with Gasteiger partial charge in [0.1, 0.15) is 17.8 Å². The molecule has 0 fully saturated rings. The lowest BCUT2D eigenvalue weighted by Gasteiger charge is -2.16. The van der Waals surface area contributed by atoms with Gasteiger partial charge >= 0.3 is 12.2 Å². The van der Waals surface area contributed by atoms with Gasteiger partial charge in [0.05, 0.1) is 0 Å². The lowest BCUT2D eigenvalue weighted by molar-refractivity contribution is -0.143. The Kier molecular flexibility index (Phi) is 6.53. The van der Waals surface area contributed by atoms with E-state index in [0.29, 0.717) is 17.4 Å². The molecule has 0 spiro atoms. The maximum absolute atomic E-state index is 12.2. The highest BCUT2D eigenvalue weighted by molar-refractivity contribution is 6.25. The summed E-state index contributed by atoms with van der Waals surface area (Å²) in [5.41, 5.74) is 9.67. The standard InChI is InChI=1S/C17H19N5O5/c1-22-9-10(12-3-2-6-19-15(12)22)7-14(24)16(25)21-13(17(26)27)5-4-11(23)8-20-18/h2-3,6,8-9,13-14,24H,4-5,7H2,1H3,(H,21,25)(H,26,27)/t13-,14-/m0/s1. The molecule has 0 saturated heterocycles. The zero-order chi connectivity index (χ0) is 20.0. The van der Waals surface area contributed by atoms with Crippen LogP contribution in [0.1, 0.15) is 18.4 Å². The first-order chi connectivity index (χ1) is 12.8. The number of hydrogen-bond donors (Lipinski definition) is 3. The number of carbonyl (C=O) groups excluding carboxylic acids is 2. The van der Waals surface area contributed by atoms with Crippen LogP contribution >= 0.6 is 0 Å². The van der Waals surface area contributed by atoms with Crippen molar-refractivity contribution in [1.82, 2.24) is 14.9 Å². The van der Waals surface area contributed by atoms with Crippen LogP contribution in [-0.4, -0.2) is 60.6 Å². The number of fused-ring (bicyclic) bond motifs is 1. The zero-order valence-electron chi connectivity index (χ0n) is 14.6. The van der Waals surface area contributed by atoms with Gasteiger partial charge in [-0.2, -0.15) is 4.79 Å². The lowest BCUT2D eigenvalue weighted by atomic mass is 10.1. The van der Waals surface area contributed by atoms with Gasteiger partial charge in [0, 0.05) is 37.7 Å². The van der Waals surface area contributed by atoms with Crippen LogP contribution < -0.4 is 5.32 Å². The second-order valence-corrected chi connectivity index (χ2v) is 6.01. The SMILES string of the molecule is Cn1cc(C[C@H](O)C(=O)N[C@@H](CCC(=O)C=[N+]=[N-])C(=O)O)c2cccnc21. The molecule has 1 amide bonds. The first-order valence-corrected chi connectivity index (χ1v) is 8.14. The normalized spacial score (nSPS) is 12.8. The molecule has 0 aliphatic heterocycles. The molecule has 142 valence electrons. The number of nitrogens with zero attached hydrogens (tertiary/aromatic N) is 4. The van der Waals surface area contributed by atoms with Gasteiger partial charge in [-0.15, -0.1) is 0 Å². The Morgan fingerprint density at radius 3 is 2.85 bits per heavy atom. The molecule has 0 unspecified atom stereocenters. The highest BCUT2D eigenvalue weighted by atomic mass is 16.4. The van der Waals surface area contributed by atoms with Crippen molar-refractivity contribution >= 4 is 34.9 Å². The minimum Gasteiger partial charge on any atom is -0.480 e. The number of nitrogens with one attached hydrogen (secondary N) is 1. The summed E-state index contributed by atoms with van der Waals surface area (Å²) in [6.45, 7) is 0. The molecule has 2 aromatic rings. The van der Waals surface area contributed by atoms with Crippen LogP contribution in [0.3, 0.4) is 0 Å². The van der Waals surface area contributed by atoms with Crippen molar-refractivity contribution in [2.24, 2.45) is 7.05 Å². The predicted molar refractivity (Wildman–Crippen MR) is 93.9 cm³/mol. The third kappa shape index (κ3) is 5.06. The fraction of sp³-hybridized carbons (Fsp3) is 0.353. The van der Waals surface area contributed by atoms with Gasteiger partial charge in [-0.05, 0) is 24.1 Å². The number of aliphatic carboxylic acids is 1. The van der Waals surface area contributed by atoms with E-state index in [-0.39, 0.29) is 19.3 Å². The summed E-state index contributed by atoms with van der Waals surface area (Å²) < 4.78 is 1.77. The number of carbonyl (C=O) groups is 3. The van der Waals surface area contributed by atoms with Gasteiger partial charge in [0.2, 0.25) is 11.7 Å². The Bertz CT molecular complexity index is 916. The van der Waals surface area contributed by atoms with E-state index in [1.807, 2.05) is 6.07 Å². The molecule has 3 N–H and O–H groups in total. The summed E-state index contributed by atoms with van der Waals surface area (Å²) in [7, 11) is 1.79. The van der Waals surface area contributed by atoms with Gasteiger partial charge < -0.3 is 25.6 Å². The summed E-state index contributed by atoms with van der Waals surface area (Å²) in [6.07, 6.45) is 2.13. The second-order valence-electron chi connectivity index (χ2n) is 6.01. The average molecular weight is 373 g/mol. The van der Waals surface area contributed by atoms with E-state index in [4.69, 9.17) is 5.53 Å². The number of pyridine rings is 1. The summed E-state index contributed by atoms with van der Waals surface area (Å²) in [6, 6.07) is 2.21. The first-order valence-electron chi connectivity index (χ1n) is 8.14. The molecule has 0 aliphatic rings. The number of carboxylic acids is 1. The maximum Gasteiger partial charge on any atom is 0.326 e. The van der Waals surface area contributed by atoms with Crippen LogP contribution in [0.2, 0.25) is 0 Å². The summed E-state index contributed by atoms with van der Waals surface area (Å²) in [4.78, 5) is 41.5. The number of aryl methyl sites for hydroxylation is 1. The fourth-order valence-electron chi connectivity index (χ4n) is 2.70. The number of Topliss-reactive ketones (excluding diaryl/α,β-unsaturated/α-hetero) is 1. The van der Waals surface area contributed by atoms with Crippen LogP contribution in [0.4, 0.5) is 0 Å². The van der Waals surface area contributed by atoms with Crippen LogP contribution in [0.25, 0.3) is 16.6 Å². The Balaban J connectivity index is 2.03. The Labute approximate surface area is 154 Å². The van der Waals surface area contributed by atoms with E-state index >= 15 is 0 Å². The highest BCUT2D eigenvalue weighted by Crippen LogP contribution is 2.19. The molecular formula is C17H19N5O5. The van der Waals surface area contributed by atoms with E-state index in [1.54, 1.807) is 30.1 Å². The van der Waals surface area contributed by atoms with Crippen molar-refractivity contribution < 1.29 is 29.4 Å². The molecule has 10 nitrogen and oxygen atoms in total. The van der Waals surface area contributed by atoms with Crippen molar-refractivity contribution in [1.29, 1.82) is 0 Å². The van der Waals surface area contributed by atoms with Gasteiger partial charge in [-0.1, -0.05) is 0 Å². The van der Waals surface area contributed by atoms with E-state index < -0.39 is 29.8 Å². The van der Waals surface area contributed by atoms with Gasteiger partial charge in [-0.25, -0.2) is 9.78 Å². The topological polar surface area (TPSA) is 158 Å². The number of carboxylic acid groups (broad SMARTS) is 1. The first kappa shape index (κ1) is 20.0. The third-order valence-electron chi connectivity index (χ3n) is 4.03. The minimum atomic E-state index is -1.47. The van der Waals surface area contributed by atoms with Crippen molar-refractivity contribution in [2.75, 3.05) is 0 Å². The largest absolute Gasteiger partial charge is 0.480 e. The molecule has 0 bridgehead atoms. The van der Waals surface area contributed by atoms with Crippen LogP contribution in [0, 0.1) is 0 Å². The smallest absolute Gasteiger partial charge is 0.326 e. The van der Waals surface area contributed by atoms with Gasteiger partial charge in [-0.3, -0.25) is 9.59 Å². The number of rotatable bonds is 9. The van der Waals surface area contributed by atoms with Crippen molar-refractivity contribution in [3.63, 3.8) is 0 Å². The zero-order valence-corrected chi connectivity index (χ0v) is 14.6. The van der Waals surface area contributed by atoms with Crippen LogP contribution in [0.15, 0.2) is 24.5 Å². The van der Waals surface area contributed by atoms with Crippen LogP contribution in [0.5, 0.6) is 0 Å². The molecule has 0 radical (unpaired) electrons. The highest BCUT2D eigenvalue weighted by Gasteiger charge is 2.25. The number of aliphatic hydroxyl groups is 1. The Hall–Kier alpha value is -3.36. The summed E-state index contributed by atoms with van der Waals surface area (Å²) in [5.74, 6) is -2.77. The number of aliphatic hydroxyl groups excluding tert-OH is 1. The van der Waals surface area contributed by atoms with E-state index in [9.17, 15) is 24.6 Å². The van der Waals surface area contributed by atoms with Crippen molar-refractivity contribution in [3.8, 4) is 0 Å². The molecule has 27 heavy (non-hydrogen) atoms. The lowest BCUT2D eigenvalue weighted by Crippen LogP contribution is -2.46. The predicted octanol–water partition coefficient (Wildman–Crippen LogP) is -0.304. The molecular weight excluding hydrogens is 354 g/mol. The molecule has 2 atom stereocenters.